The fourth-order valence-electron chi connectivity index (χ4n) is 5.44. The van der Waals surface area contributed by atoms with Crippen LogP contribution in [-0.4, -0.2) is 86.3 Å². The Balaban J connectivity index is 1.22. The van der Waals surface area contributed by atoms with Crippen LogP contribution in [0, 0.1) is 0 Å². The molecule has 3 aliphatic rings. The summed E-state index contributed by atoms with van der Waals surface area (Å²) < 4.78 is 29.6. The van der Waals surface area contributed by atoms with E-state index >= 15 is 0 Å². The number of fused-ring (bicyclic) bond motifs is 1. The lowest BCUT2D eigenvalue weighted by atomic mass is 10.1. The van der Waals surface area contributed by atoms with Gasteiger partial charge in [0.25, 0.3) is 10.0 Å². The summed E-state index contributed by atoms with van der Waals surface area (Å²) in [6.07, 6.45) is 5.48. The highest BCUT2D eigenvalue weighted by Gasteiger charge is 2.36. The number of nitrogens with zero attached hydrogens (tertiary/aromatic N) is 3. The minimum Gasteiger partial charge on any atom is -0.337 e. The zero-order valence-electron chi connectivity index (χ0n) is 19.6. The van der Waals surface area contributed by atoms with Gasteiger partial charge in [-0.25, -0.2) is 8.42 Å². The van der Waals surface area contributed by atoms with E-state index in [2.05, 4.69) is 9.62 Å². The van der Waals surface area contributed by atoms with Gasteiger partial charge in [-0.2, -0.15) is 4.72 Å². The Morgan fingerprint density at radius 1 is 1.06 bits per heavy atom. The largest absolute Gasteiger partial charge is 0.337 e. The van der Waals surface area contributed by atoms with Gasteiger partial charge in [0.2, 0.25) is 11.8 Å². The fourth-order valence-corrected chi connectivity index (χ4v) is 8.35. The van der Waals surface area contributed by atoms with E-state index in [0.29, 0.717) is 24.4 Å². The van der Waals surface area contributed by atoms with Crippen molar-refractivity contribution >= 4 is 54.9 Å². The Hall–Kier alpha value is -1.72. The minimum atomic E-state index is -3.88. The lowest BCUT2D eigenvalue weighted by Gasteiger charge is -2.34. The summed E-state index contributed by atoms with van der Waals surface area (Å²) in [7, 11) is -3.88. The molecule has 0 radical (unpaired) electrons. The number of benzene rings is 1. The van der Waals surface area contributed by atoms with Gasteiger partial charge in [0.05, 0.1) is 6.54 Å². The summed E-state index contributed by atoms with van der Waals surface area (Å²) in [5.74, 6) is -0.363. The number of amides is 2. The number of piperidine rings is 1. The predicted octanol–water partition coefficient (Wildman–Crippen LogP) is 2.91. The molecule has 3 fully saturated rings. The van der Waals surface area contributed by atoms with Crippen LogP contribution in [-0.2, 0) is 19.6 Å². The maximum Gasteiger partial charge on any atom is 0.250 e. The Morgan fingerprint density at radius 2 is 1.83 bits per heavy atom. The van der Waals surface area contributed by atoms with E-state index in [0.717, 1.165) is 60.4 Å². The van der Waals surface area contributed by atoms with Crippen molar-refractivity contribution in [1.82, 2.24) is 19.4 Å². The van der Waals surface area contributed by atoms with Gasteiger partial charge < -0.3 is 14.7 Å². The molecule has 3 aliphatic heterocycles. The molecule has 0 bridgehead atoms. The molecule has 0 saturated carbocycles. The zero-order valence-corrected chi connectivity index (χ0v) is 22.0. The number of sulfonamides is 1. The third-order valence-corrected chi connectivity index (χ3v) is 10.5. The second-order valence-corrected chi connectivity index (χ2v) is 13.2. The van der Waals surface area contributed by atoms with Crippen LogP contribution in [0.5, 0.6) is 0 Å². The average molecular weight is 539 g/mol. The maximum absolute atomic E-state index is 13.2. The lowest BCUT2D eigenvalue weighted by Crippen LogP contribution is -2.55. The molecule has 0 aliphatic carbocycles. The summed E-state index contributed by atoms with van der Waals surface area (Å²) >= 11 is 7.16. The Kier molecular flexibility index (Phi) is 7.37. The highest BCUT2D eigenvalue weighted by Crippen LogP contribution is 2.31. The summed E-state index contributed by atoms with van der Waals surface area (Å²) in [5.41, 5.74) is 0. The molecule has 8 nitrogen and oxygen atoms in total. The van der Waals surface area contributed by atoms with Crippen molar-refractivity contribution in [2.24, 2.45) is 0 Å². The van der Waals surface area contributed by atoms with Gasteiger partial charge in [0, 0.05) is 35.4 Å². The molecule has 2 aromatic rings. The summed E-state index contributed by atoms with van der Waals surface area (Å²) in [6.45, 7) is 4.30. The SMILES string of the molecule is O=C1C(NS(=O)(=O)c2cc3ccc(Cl)cc3s2)CCCN1CC(=O)N1CCCC1CN1CCCC1. The van der Waals surface area contributed by atoms with Crippen LogP contribution in [0.1, 0.15) is 38.5 Å². The number of rotatable bonds is 7. The van der Waals surface area contributed by atoms with Crippen LogP contribution in [0.4, 0.5) is 0 Å². The molecule has 5 rings (SSSR count). The smallest absolute Gasteiger partial charge is 0.250 e. The van der Waals surface area contributed by atoms with E-state index in [9.17, 15) is 18.0 Å². The van der Waals surface area contributed by atoms with Crippen LogP contribution in [0.15, 0.2) is 28.5 Å². The number of hydrogen-bond acceptors (Lipinski definition) is 6. The van der Waals surface area contributed by atoms with E-state index < -0.39 is 16.1 Å². The molecule has 1 aromatic heterocycles. The Labute approximate surface area is 215 Å². The Bertz CT molecular complexity index is 1210. The van der Waals surface area contributed by atoms with Crippen molar-refractivity contribution in [3.05, 3.63) is 29.3 Å². The molecule has 0 spiro atoms. The molecule has 1 aromatic carbocycles. The first kappa shape index (κ1) is 25.0. The third kappa shape index (κ3) is 5.51. The normalized spacial score (nSPS) is 24.1. The summed E-state index contributed by atoms with van der Waals surface area (Å²) in [6, 6.07) is 6.17. The quantitative estimate of drug-likeness (QED) is 0.585. The van der Waals surface area contributed by atoms with Crippen molar-refractivity contribution in [3.63, 3.8) is 0 Å². The van der Waals surface area contributed by atoms with Crippen LogP contribution in [0.3, 0.4) is 0 Å². The van der Waals surface area contributed by atoms with Crippen LogP contribution >= 0.6 is 22.9 Å². The number of carbonyl (C=O) groups excluding carboxylic acids is 2. The average Bonchev–Trinajstić information content (AvgIpc) is 3.57. The number of hydrogen-bond donors (Lipinski definition) is 1. The van der Waals surface area contributed by atoms with Crippen molar-refractivity contribution in [2.45, 2.75) is 54.8 Å². The summed E-state index contributed by atoms with van der Waals surface area (Å²) in [4.78, 5) is 32.2. The molecule has 4 heterocycles. The number of nitrogens with one attached hydrogen (secondary N) is 1. The van der Waals surface area contributed by atoms with Gasteiger partial charge in [-0.15, -0.1) is 11.3 Å². The molecule has 35 heavy (non-hydrogen) atoms. The van der Waals surface area contributed by atoms with E-state index in [-0.39, 0.29) is 28.6 Å². The van der Waals surface area contributed by atoms with Gasteiger partial charge in [-0.1, -0.05) is 17.7 Å². The third-order valence-electron chi connectivity index (χ3n) is 7.24. The highest BCUT2D eigenvalue weighted by molar-refractivity contribution is 7.91. The van der Waals surface area contributed by atoms with E-state index in [4.69, 9.17) is 11.6 Å². The summed E-state index contributed by atoms with van der Waals surface area (Å²) in [5, 5.41) is 1.33. The van der Waals surface area contributed by atoms with Gasteiger partial charge >= 0.3 is 0 Å². The van der Waals surface area contributed by atoms with E-state index in [1.807, 2.05) is 4.90 Å². The predicted molar refractivity (Wildman–Crippen MR) is 137 cm³/mol. The first-order valence-corrected chi connectivity index (χ1v) is 15.0. The van der Waals surface area contributed by atoms with Gasteiger partial charge in [0.1, 0.15) is 10.3 Å². The van der Waals surface area contributed by atoms with E-state index in [1.165, 1.54) is 17.7 Å². The minimum absolute atomic E-state index is 0.00888. The maximum atomic E-state index is 13.2. The number of thiophene rings is 1. The van der Waals surface area contributed by atoms with Crippen LogP contribution in [0.25, 0.3) is 10.1 Å². The molecule has 2 amide bonds. The van der Waals surface area contributed by atoms with Crippen LogP contribution < -0.4 is 4.72 Å². The van der Waals surface area contributed by atoms with E-state index in [1.54, 1.807) is 24.3 Å². The van der Waals surface area contributed by atoms with Crippen molar-refractivity contribution < 1.29 is 18.0 Å². The van der Waals surface area contributed by atoms with Gasteiger partial charge in [0.15, 0.2) is 0 Å². The lowest BCUT2D eigenvalue weighted by molar-refractivity contribution is -0.143. The molecule has 190 valence electrons. The molecular weight excluding hydrogens is 508 g/mol. The van der Waals surface area contributed by atoms with Crippen molar-refractivity contribution in [1.29, 1.82) is 0 Å². The fraction of sp³-hybridized carbons (Fsp3) is 0.583. The standard InChI is InChI=1S/C24H31ClN4O4S2/c25-18-8-7-17-13-23(34-21(17)14-18)35(32,33)26-20-6-4-11-28(24(20)31)16-22(30)29-12-3-5-19(29)15-27-9-1-2-10-27/h7-8,13-14,19-20,26H,1-6,9-12,15-16H2. The number of halogens is 1. The van der Waals surface area contributed by atoms with Crippen LogP contribution in [0.2, 0.25) is 5.02 Å². The molecule has 1 N–H and O–H groups in total. The molecule has 2 atom stereocenters. The number of carbonyl (C=O) groups is 2. The molecule has 2 unspecified atom stereocenters. The topological polar surface area (TPSA) is 90.0 Å². The van der Waals surface area contributed by atoms with Gasteiger partial charge in [-0.3, -0.25) is 9.59 Å². The second kappa shape index (κ2) is 10.3. The van der Waals surface area contributed by atoms with Crippen molar-refractivity contribution in [2.75, 3.05) is 39.3 Å². The zero-order chi connectivity index (χ0) is 24.6. The first-order chi connectivity index (χ1) is 16.8. The monoisotopic (exact) mass is 538 g/mol. The highest BCUT2D eigenvalue weighted by atomic mass is 35.5. The second-order valence-electron chi connectivity index (χ2n) is 9.71. The Morgan fingerprint density at radius 3 is 2.63 bits per heavy atom. The molecular formula is C24H31ClN4O4S2. The van der Waals surface area contributed by atoms with Crippen molar-refractivity contribution in [3.8, 4) is 0 Å². The number of likely N-dealkylation sites (tertiary alicyclic amines) is 3. The first-order valence-electron chi connectivity index (χ1n) is 12.3. The molecule has 3 saturated heterocycles. The molecule has 11 heteroatoms. The van der Waals surface area contributed by atoms with Gasteiger partial charge in [-0.05, 0) is 75.2 Å².